The zero-order valence-corrected chi connectivity index (χ0v) is 15.0. The van der Waals surface area contributed by atoms with Gasteiger partial charge in [-0.15, -0.1) is 24.0 Å². The van der Waals surface area contributed by atoms with Crippen LogP contribution in [0.3, 0.4) is 0 Å². The maximum absolute atomic E-state index is 4.57. The molecule has 19 heavy (non-hydrogen) atoms. The lowest BCUT2D eigenvalue weighted by atomic mass is 10.1. The first-order chi connectivity index (χ1) is 8.76. The van der Waals surface area contributed by atoms with Gasteiger partial charge in [-0.25, -0.2) is 4.99 Å². The highest BCUT2D eigenvalue weighted by atomic mass is 127. The summed E-state index contributed by atoms with van der Waals surface area (Å²) < 4.78 is 0. The highest BCUT2D eigenvalue weighted by Gasteiger charge is 1.96. The van der Waals surface area contributed by atoms with Gasteiger partial charge >= 0.3 is 0 Å². The van der Waals surface area contributed by atoms with Gasteiger partial charge in [0.2, 0.25) is 0 Å². The minimum Gasteiger partial charge on any atom is -0.357 e. The van der Waals surface area contributed by atoms with Gasteiger partial charge in [0.25, 0.3) is 0 Å². The first kappa shape index (κ1) is 18.6. The molecule has 0 aliphatic heterocycles. The number of hydrogen-bond donors (Lipinski definition) is 2. The quantitative estimate of drug-likeness (QED) is 0.338. The third-order valence-corrected chi connectivity index (χ3v) is 3.10. The van der Waals surface area contributed by atoms with Gasteiger partial charge in [0.05, 0.1) is 6.54 Å². The predicted molar refractivity (Wildman–Crippen MR) is 97.8 cm³/mol. The maximum atomic E-state index is 4.57. The van der Waals surface area contributed by atoms with Crippen molar-refractivity contribution in [1.29, 1.82) is 0 Å². The molecule has 1 rings (SSSR count). The van der Waals surface area contributed by atoms with Crippen LogP contribution in [0.15, 0.2) is 29.3 Å². The van der Waals surface area contributed by atoms with Crippen LogP contribution in [-0.4, -0.2) is 31.1 Å². The first-order valence-electron chi connectivity index (χ1n) is 6.33. The van der Waals surface area contributed by atoms with E-state index in [1.165, 1.54) is 11.1 Å². The molecule has 0 saturated carbocycles. The smallest absolute Gasteiger partial charge is 0.191 e. The van der Waals surface area contributed by atoms with Gasteiger partial charge in [0.1, 0.15) is 0 Å². The molecule has 1 aromatic rings. The molecule has 0 radical (unpaired) electrons. The molecule has 2 N–H and O–H groups in total. The molecule has 0 fully saturated rings. The number of nitrogens with zero attached hydrogens (tertiary/aromatic N) is 1. The van der Waals surface area contributed by atoms with Gasteiger partial charge in [0, 0.05) is 18.8 Å². The Morgan fingerprint density at radius 3 is 2.47 bits per heavy atom. The van der Waals surface area contributed by atoms with E-state index in [0.29, 0.717) is 0 Å². The average Bonchev–Trinajstić information content (AvgIpc) is 2.38. The van der Waals surface area contributed by atoms with Crippen molar-refractivity contribution in [3.8, 4) is 0 Å². The lowest BCUT2D eigenvalue weighted by molar-refractivity contribution is 0.843. The molecule has 0 saturated heterocycles. The Kier molecular flexibility index (Phi) is 11.1. The van der Waals surface area contributed by atoms with E-state index in [-0.39, 0.29) is 24.0 Å². The minimum absolute atomic E-state index is 0. The molecule has 0 aliphatic rings. The Morgan fingerprint density at radius 1 is 1.21 bits per heavy atom. The summed E-state index contributed by atoms with van der Waals surface area (Å²) in [5.41, 5.74) is 2.52. The van der Waals surface area contributed by atoms with Crippen molar-refractivity contribution in [2.24, 2.45) is 4.99 Å². The van der Waals surface area contributed by atoms with Crippen molar-refractivity contribution in [2.45, 2.75) is 20.4 Å². The van der Waals surface area contributed by atoms with Crippen LogP contribution in [0.5, 0.6) is 0 Å². The van der Waals surface area contributed by atoms with Crippen LogP contribution in [0.25, 0.3) is 0 Å². The number of rotatable bonds is 6. The van der Waals surface area contributed by atoms with Gasteiger partial charge in [0.15, 0.2) is 5.96 Å². The van der Waals surface area contributed by atoms with Crippen LogP contribution >= 0.6 is 35.7 Å². The van der Waals surface area contributed by atoms with Crippen LogP contribution in [0.1, 0.15) is 18.1 Å². The normalized spacial score (nSPS) is 10.8. The van der Waals surface area contributed by atoms with E-state index in [0.717, 1.165) is 31.3 Å². The van der Waals surface area contributed by atoms with Crippen LogP contribution in [-0.2, 0) is 6.54 Å². The van der Waals surface area contributed by atoms with E-state index >= 15 is 0 Å². The maximum Gasteiger partial charge on any atom is 0.191 e. The summed E-state index contributed by atoms with van der Waals surface area (Å²) in [7, 11) is 0. The monoisotopic (exact) mass is 393 g/mol. The van der Waals surface area contributed by atoms with Gasteiger partial charge in [-0.1, -0.05) is 29.8 Å². The third-order valence-electron chi connectivity index (χ3n) is 2.48. The summed E-state index contributed by atoms with van der Waals surface area (Å²) in [6.07, 6.45) is 2.11. The van der Waals surface area contributed by atoms with E-state index < -0.39 is 0 Å². The topological polar surface area (TPSA) is 36.4 Å². The average molecular weight is 393 g/mol. The molecule has 0 unspecified atom stereocenters. The van der Waals surface area contributed by atoms with E-state index in [4.69, 9.17) is 0 Å². The Bertz CT molecular complexity index is 365. The lowest BCUT2D eigenvalue weighted by Crippen LogP contribution is -2.38. The molecular weight excluding hydrogens is 369 g/mol. The predicted octanol–water partition coefficient (Wildman–Crippen LogP) is 3.03. The van der Waals surface area contributed by atoms with Crippen LogP contribution in [0.2, 0.25) is 0 Å². The fourth-order valence-electron chi connectivity index (χ4n) is 1.48. The van der Waals surface area contributed by atoms with Gasteiger partial charge < -0.3 is 10.6 Å². The zero-order chi connectivity index (χ0) is 13.2. The number of aryl methyl sites for hydroxylation is 1. The van der Waals surface area contributed by atoms with Crippen molar-refractivity contribution in [3.63, 3.8) is 0 Å². The molecule has 5 heteroatoms. The number of hydrogen-bond acceptors (Lipinski definition) is 2. The van der Waals surface area contributed by atoms with E-state index in [2.05, 4.69) is 60.0 Å². The molecule has 0 atom stereocenters. The summed E-state index contributed by atoms with van der Waals surface area (Å²) in [6, 6.07) is 8.51. The van der Waals surface area contributed by atoms with Crippen molar-refractivity contribution in [1.82, 2.24) is 10.6 Å². The Labute approximate surface area is 138 Å². The summed E-state index contributed by atoms with van der Waals surface area (Å²) in [4.78, 5) is 4.57. The van der Waals surface area contributed by atoms with E-state index in [1.54, 1.807) is 0 Å². The lowest BCUT2D eigenvalue weighted by Gasteiger charge is -2.10. The standard InChI is InChI=1S/C14H23N3S.HI/c1-4-15-14(16-9-10-18-3)17-11-13-7-5-12(2)6-8-13;/h5-8H,4,9-11H2,1-3H3,(H2,15,16,17);1H. The van der Waals surface area contributed by atoms with Crippen molar-refractivity contribution in [2.75, 3.05) is 25.1 Å². The van der Waals surface area contributed by atoms with Crippen molar-refractivity contribution >= 4 is 41.7 Å². The van der Waals surface area contributed by atoms with Crippen molar-refractivity contribution in [3.05, 3.63) is 35.4 Å². The second-order valence-corrected chi connectivity index (χ2v) is 5.09. The number of thioether (sulfide) groups is 1. The second kappa shape index (κ2) is 11.4. The van der Waals surface area contributed by atoms with Gasteiger partial charge in [-0.3, -0.25) is 0 Å². The molecule has 108 valence electrons. The summed E-state index contributed by atoms with van der Waals surface area (Å²) in [5.74, 6) is 1.99. The number of nitrogens with one attached hydrogen (secondary N) is 2. The highest BCUT2D eigenvalue weighted by Crippen LogP contribution is 2.04. The number of benzene rings is 1. The molecule has 0 bridgehead atoms. The highest BCUT2D eigenvalue weighted by molar-refractivity contribution is 14.0. The molecule has 0 heterocycles. The number of aliphatic imine (C=N–C) groups is 1. The SMILES string of the molecule is CCNC(=NCc1ccc(C)cc1)NCCSC.I. The second-order valence-electron chi connectivity index (χ2n) is 4.10. The fraction of sp³-hybridized carbons (Fsp3) is 0.500. The van der Waals surface area contributed by atoms with Crippen molar-refractivity contribution < 1.29 is 0 Å². The zero-order valence-electron chi connectivity index (χ0n) is 11.9. The Hall–Kier alpha value is -0.430. The Balaban J connectivity index is 0.00000324. The molecular formula is C14H24IN3S. The van der Waals surface area contributed by atoms with Crippen LogP contribution < -0.4 is 10.6 Å². The summed E-state index contributed by atoms with van der Waals surface area (Å²) in [6.45, 7) is 6.73. The van der Waals surface area contributed by atoms with Crippen LogP contribution in [0, 0.1) is 6.92 Å². The summed E-state index contributed by atoms with van der Waals surface area (Å²) >= 11 is 1.83. The van der Waals surface area contributed by atoms with Gasteiger partial charge in [-0.2, -0.15) is 11.8 Å². The molecule has 0 aromatic heterocycles. The molecule has 0 spiro atoms. The molecule has 0 amide bonds. The summed E-state index contributed by atoms with van der Waals surface area (Å²) in [5, 5.41) is 6.57. The fourth-order valence-corrected chi connectivity index (χ4v) is 1.78. The minimum atomic E-state index is 0. The van der Waals surface area contributed by atoms with E-state index in [1.807, 2.05) is 11.8 Å². The largest absolute Gasteiger partial charge is 0.357 e. The van der Waals surface area contributed by atoms with E-state index in [9.17, 15) is 0 Å². The third kappa shape index (κ3) is 8.36. The molecule has 1 aromatic carbocycles. The molecule has 3 nitrogen and oxygen atoms in total. The Morgan fingerprint density at radius 2 is 1.89 bits per heavy atom. The van der Waals surface area contributed by atoms with Crippen LogP contribution in [0.4, 0.5) is 0 Å². The van der Waals surface area contributed by atoms with Gasteiger partial charge in [-0.05, 0) is 25.7 Å². The molecule has 0 aliphatic carbocycles. The number of guanidine groups is 1. The number of halogens is 1. The first-order valence-corrected chi connectivity index (χ1v) is 7.72.